The molecule has 3 rings (SSSR count). The van der Waals surface area contributed by atoms with E-state index < -0.39 is 5.97 Å². The lowest BCUT2D eigenvalue weighted by Crippen LogP contribution is -2.33. The van der Waals surface area contributed by atoms with Gasteiger partial charge in [-0.2, -0.15) is 0 Å². The van der Waals surface area contributed by atoms with E-state index in [0.29, 0.717) is 12.8 Å². The number of hydrogen-bond donors (Lipinski definition) is 1. The minimum atomic E-state index is -0.398. The molecule has 1 atom stereocenters. The Morgan fingerprint density at radius 1 is 0.839 bits per heavy atom. The highest BCUT2D eigenvalue weighted by Crippen LogP contribution is 2.18. The van der Waals surface area contributed by atoms with E-state index in [1.807, 2.05) is 84.9 Å². The molecule has 0 fully saturated rings. The van der Waals surface area contributed by atoms with Crippen LogP contribution in [0.25, 0.3) is 0 Å². The molecule has 1 amide bonds. The van der Waals surface area contributed by atoms with Crippen LogP contribution in [0.15, 0.2) is 84.9 Å². The van der Waals surface area contributed by atoms with Gasteiger partial charge in [0.05, 0.1) is 13.2 Å². The number of methoxy groups -OCH3 is 1. The van der Waals surface area contributed by atoms with Crippen LogP contribution < -0.4 is 10.1 Å². The van der Waals surface area contributed by atoms with Gasteiger partial charge in [0.2, 0.25) is 0 Å². The zero-order valence-electron chi connectivity index (χ0n) is 17.6. The zero-order valence-corrected chi connectivity index (χ0v) is 17.6. The second kappa shape index (κ2) is 11.6. The number of carbonyl (C=O) groups is 2. The van der Waals surface area contributed by atoms with E-state index in [1.54, 1.807) is 7.11 Å². The van der Waals surface area contributed by atoms with Gasteiger partial charge in [0.1, 0.15) is 5.75 Å². The van der Waals surface area contributed by atoms with Crippen LogP contribution in [-0.2, 0) is 27.2 Å². The van der Waals surface area contributed by atoms with Crippen LogP contribution in [0.3, 0.4) is 0 Å². The Morgan fingerprint density at radius 3 is 2.13 bits per heavy atom. The molecule has 160 valence electrons. The first-order valence-electron chi connectivity index (χ1n) is 10.3. The summed E-state index contributed by atoms with van der Waals surface area (Å²) < 4.78 is 10.3. The Balaban J connectivity index is 1.49. The fraction of sp³-hybridized carbons (Fsp3) is 0.231. The number of benzene rings is 3. The van der Waals surface area contributed by atoms with E-state index in [1.165, 1.54) is 0 Å². The Labute approximate surface area is 183 Å². The highest BCUT2D eigenvalue weighted by atomic mass is 16.5. The van der Waals surface area contributed by atoms with Crippen molar-refractivity contribution in [2.45, 2.75) is 25.3 Å². The van der Waals surface area contributed by atoms with Crippen LogP contribution in [0.1, 0.15) is 29.2 Å². The molecule has 0 radical (unpaired) electrons. The number of nitrogens with one attached hydrogen (secondary N) is 1. The van der Waals surface area contributed by atoms with Crippen molar-refractivity contribution in [3.05, 3.63) is 102 Å². The summed E-state index contributed by atoms with van der Waals surface area (Å²) >= 11 is 0. The van der Waals surface area contributed by atoms with Crippen molar-refractivity contribution in [2.75, 3.05) is 13.7 Å². The van der Waals surface area contributed by atoms with Gasteiger partial charge in [-0.05, 0) is 41.7 Å². The molecule has 1 N–H and O–H groups in total. The van der Waals surface area contributed by atoms with E-state index in [2.05, 4.69) is 5.32 Å². The molecule has 3 aromatic rings. The van der Waals surface area contributed by atoms with Crippen molar-refractivity contribution in [1.29, 1.82) is 0 Å². The fourth-order valence-electron chi connectivity index (χ4n) is 3.28. The molecule has 0 saturated heterocycles. The van der Waals surface area contributed by atoms with Gasteiger partial charge in [0, 0.05) is 6.42 Å². The van der Waals surface area contributed by atoms with Gasteiger partial charge in [0.15, 0.2) is 6.61 Å². The van der Waals surface area contributed by atoms with E-state index in [4.69, 9.17) is 9.47 Å². The van der Waals surface area contributed by atoms with Crippen molar-refractivity contribution >= 4 is 11.9 Å². The molecule has 0 aromatic heterocycles. The molecule has 0 aliphatic carbocycles. The Kier molecular flexibility index (Phi) is 8.23. The summed E-state index contributed by atoms with van der Waals surface area (Å²) in [6.45, 7) is -0.292. The average Bonchev–Trinajstić information content (AvgIpc) is 2.82. The predicted molar refractivity (Wildman–Crippen MR) is 120 cm³/mol. The van der Waals surface area contributed by atoms with Gasteiger partial charge in [-0.15, -0.1) is 0 Å². The topological polar surface area (TPSA) is 64.6 Å². The molecule has 0 unspecified atom stereocenters. The Hall–Kier alpha value is -3.60. The molecular formula is C26H27NO4. The summed E-state index contributed by atoms with van der Waals surface area (Å²) in [5.41, 5.74) is 3.13. The van der Waals surface area contributed by atoms with Gasteiger partial charge < -0.3 is 14.8 Å². The number of ether oxygens (including phenoxy) is 2. The fourth-order valence-corrected chi connectivity index (χ4v) is 3.28. The Morgan fingerprint density at radius 2 is 1.48 bits per heavy atom. The number of aryl methyl sites for hydroxylation is 1. The van der Waals surface area contributed by atoms with Crippen LogP contribution in [0.5, 0.6) is 5.75 Å². The average molecular weight is 418 g/mol. The first-order valence-corrected chi connectivity index (χ1v) is 10.3. The largest absolute Gasteiger partial charge is 0.497 e. The molecule has 0 bridgehead atoms. The summed E-state index contributed by atoms with van der Waals surface area (Å²) in [4.78, 5) is 24.5. The van der Waals surface area contributed by atoms with Gasteiger partial charge in [0.25, 0.3) is 5.91 Å². The smallest absolute Gasteiger partial charge is 0.306 e. The number of amides is 1. The first kappa shape index (κ1) is 22.1. The van der Waals surface area contributed by atoms with E-state index in [0.717, 1.165) is 22.4 Å². The summed E-state index contributed by atoms with van der Waals surface area (Å²) in [6, 6.07) is 27.1. The van der Waals surface area contributed by atoms with Crippen LogP contribution in [-0.4, -0.2) is 25.6 Å². The third-order valence-corrected chi connectivity index (χ3v) is 4.96. The van der Waals surface area contributed by atoms with Gasteiger partial charge in [-0.1, -0.05) is 72.8 Å². The maximum Gasteiger partial charge on any atom is 0.306 e. The van der Waals surface area contributed by atoms with Gasteiger partial charge in [-0.25, -0.2) is 0 Å². The SMILES string of the molecule is COc1ccc(CCC(=O)OCC(=O)N[C@@H](Cc2ccccc2)c2ccccc2)cc1. The summed E-state index contributed by atoms with van der Waals surface area (Å²) in [7, 11) is 1.61. The molecule has 0 aliphatic heterocycles. The van der Waals surface area contributed by atoms with Crippen LogP contribution >= 0.6 is 0 Å². The minimum Gasteiger partial charge on any atom is -0.497 e. The van der Waals surface area contributed by atoms with Crippen molar-refractivity contribution in [3.63, 3.8) is 0 Å². The van der Waals surface area contributed by atoms with Crippen molar-refractivity contribution < 1.29 is 19.1 Å². The van der Waals surface area contributed by atoms with Crippen LogP contribution in [0.4, 0.5) is 0 Å². The van der Waals surface area contributed by atoms with E-state index in [-0.39, 0.29) is 25.0 Å². The normalized spacial score (nSPS) is 11.4. The van der Waals surface area contributed by atoms with Crippen molar-refractivity contribution in [3.8, 4) is 5.75 Å². The maximum absolute atomic E-state index is 12.5. The third-order valence-electron chi connectivity index (χ3n) is 4.96. The molecule has 31 heavy (non-hydrogen) atoms. The van der Waals surface area contributed by atoms with E-state index >= 15 is 0 Å². The summed E-state index contributed by atoms with van der Waals surface area (Å²) in [5.74, 6) is 0.0549. The molecule has 3 aromatic carbocycles. The van der Waals surface area contributed by atoms with Gasteiger partial charge >= 0.3 is 5.97 Å². The first-order chi connectivity index (χ1) is 15.1. The van der Waals surface area contributed by atoms with Crippen molar-refractivity contribution in [2.24, 2.45) is 0 Å². The lowest BCUT2D eigenvalue weighted by Gasteiger charge is -2.19. The minimum absolute atomic E-state index is 0.200. The van der Waals surface area contributed by atoms with E-state index in [9.17, 15) is 9.59 Å². The molecule has 0 spiro atoms. The number of esters is 1. The quantitative estimate of drug-likeness (QED) is 0.501. The molecule has 0 aliphatic rings. The molecule has 5 heteroatoms. The lowest BCUT2D eigenvalue weighted by molar-refractivity contribution is -0.148. The number of hydrogen-bond acceptors (Lipinski definition) is 4. The highest BCUT2D eigenvalue weighted by Gasteiger charge is 2.16. The second-order valence-electron chi connectivity index (χ2n) is 7.23. The number of carbonyl (C=O) groups excluding carboxylic acids is 2. The monoisotopic (exact) mass is 417 g/mol. The lowest BCUT2D eigenvalue weighted by atomic mass is 9.99. The highest BCUT2D eigenvalue weighted by molar-refractivity contribution is 5.81. The Bertz CT molecular complexity index is 956. The molecule has 0 saturated carbocycles. The van der Waals surface area contributed by atoms with Crippen LogP contribution in [0, 0.1) is 0 Å². The second-order valence-corrected chi connectivity index (χ2v) is 7.23. The summed E-state index contributed by atoms with van der Waals surface area (Å²) in [5, 5.41) is 2.99. The predicted octanol–water partition coefficient (Wildman–Crippen LogP) is 4.27. The van der Waals surface area contributed by atoms with Gasteiger partial charge in [-0.3, -0.25) is 9.59 Å². The summed E-state index contributed by atoms with van der Waals surface area (Å²) in [6.07, 6.45) is 1.42. The van der Waals surface area contributed by atoms with Crippen LogP contribution in [0.2, 0.25) is 0 Å². The molecule has 5 nitrogen and oxygen atoms in total. The number of rotatable bonds is 10. The van der Waals surface area contributed by atoms with Crippen molar-refractivity contribution in [1.82, 2.24) is 5.32 Å². The molecule has 0 heterocycles. The molecular weight excluding hydrogens is 390 g/mol. The third kappa shape index (κ3) is 7.30. The zero-order chi connectivity index (χ0) is 21.9. The maximum atomic E-state index is 12.5. The standard InChI is InChI=1S/C26H27NO4/c1-30-23-15-12-20(13-16-23)14-17-26(29)31-19-25(28)27-24(22-10-6-3-7-11-22)18-21-8-4-2-5-9-21/h2-13,15-16,24H,14,17-19H2,1H3,(H,27,28)/t24-/m0/s1.